The number of nitrogens with one attached hydrogen (secondary N) is 1. The average Bonchev–Trinajstić information content (AvgIpc) is 2.16. The van der Waals surface area contributed by atoms with Crippen LogP contribution in [0, 0.1) is 0 Å². The number of nitrogens with zero attached hydrogens (tertiary/aromatic N) is 1. The molecule has 80 valence electrons. The molecule has 5 nitrogen and oxygen atoms in total. The highest BCUT2D eigenvalue weighted by molar-refractivity contribution is 7.76. The highest BCUT2D eigenvalue weighted by Crippen LogP contribution is 1.98. The van der Waals surface area contributed by atoms with Crippen molar-refractivity contribution in [2.45, 2.75) is 19.4 Å². The molecule has 0 aliphatic carbocycles. The number of nitrogens with two attached hydrogens (primary N) is 1. The Labute approximate surface area is 82.1 Å². The van der Waals surface area contributed by atoms with Gasteiger partial charge < -0.3 is 14.8 Å². The minimum atomic E-state index is -2.36. The molecule has 0 amide bonds. The summed E-state index contributed by atoms with van der Waals surface area (Å²) in [6.07, 6.45) is 1.29. The molecule has 1 aliphatic rings. The van der Waals surface area contributed by atoms with Gasteiger partial charge in [0, 0.05) is 23.9 Å². The van der Waals surface area contributed by atoms with Crippen LogP contribution in [0.25, 0.3) is 0 Å². The third-order valence-electron chi connectivity index (χ3n) is 2.06. The largest absolute Gasteiger partial charge is 0.760 e. The van der Waals surface area contributed by atoms with Crippen molar-refractivity contribution < 1.29 is 8.76 Å². The molecule has 0 bridgehead atoms. The van der Waals surface area contributed by atoms with E-state index in [4.69, 9.17) is 8.76 Å². The van der Waals surface area contributed by atoms with Crippen LogP contribution in [0.3, 0.4) is 0 Å². The molecule has 0 radical (unpaired) electrons. The third kappa shape index (κ3) is 8.32. The highest BCUT2D eigenvalue weighted by atomic mass is 32.2. The molecule has 1 heterocycles. The molecule has 0 spiro atoms. The molecule has 0 saturated carbocycles. The first-order chi connectivity index (χ1) is 6.04. The fourth-order valence-electron chi connectivity index (χ4n) is 1.14. The molecule has 13 heavy (non-hydrogen) atoms. The zero-order valence-electron chi connectivity index (χ0n) is 8.16. The van der Waals surface area contributed by atoms with Crippen molar-refractivity contribution in [3.05, 3.63) is 0 Å². The van der Waals surface area contributed by atoms with E-state index in [9.17, 15) is 0 Å². The third-order valence-corrected chi connectivity index (χ3v) is 2.06. The summed E-state index contributed by atoms with van der Waals surface area (Å²) in [5, 5.41) is 7.41. The van der Waals surface area contributed by atoms with E-state index in [-0.39, 0.29) is 0 Å². The molecule has 1 aliphatic heterocycles. The van der Waals surface area contributed by atoms with Crippen molar-refractivity contribution in [3.63, 3.8) is 0 Å². The maximum atomic E-state index is 8.78. The lowest BCUT2D eigenvalue weighted by atomic mass is 10.3. The maximum absolute atomic E-state index is 8.78. The normalized spacial score (nSPS) is 26.9. The first-order valence-electron chi connectivity index (χ1n) is 4.28. The molecular weight excluding hydrogens is 190 g/mol. The quantitative estimate of drug-likeness (QED) is 0.502. The molecule has 2 atom stereocenters. The van der Waals surface area contributed by atoms with Crippen LogP contribution in [0.1, 0.15) is 13.3 Å². The van der Waals surface area contributed by atoms with Gasteiger partial charge in [-0.15, -0.1) is 0 Å². The van der Waals surface area contributed by atoms with E-state index in [1.165, 1.54) is 19.5 Å². The monoisotopic (exact) mass is 208 g/mol. The van der Waals surface area contributed by atoms with Crippen molar-refractivity contribution in [2.75, 3.05) is 26.7 Å². The second-order valence-electron chi connectivity index (χ2n) is 3.15. The van der Waals surface area contributed by atoms with Crippen LogP contribution in [0.2, 0.25) is 0 Å². The van der Waals surface area contributed by atoms with Crippen molar-refractivity contribution in [3.8, 4) is 0 Å². The summed E-state index contributed by atoms with van der Waals surface area (Å²) in [4.78, 5) is 2.40. The SMILES string of the molecule is CC1CNCCCN1C.NS(=O)[O-]. The predicted molar refractivity (Wildman–Crippen MR) is 52.7 cm³/mol. The molecule has 0 aromatic rings. The van der Waals surface area contributed by atoms with Crippen molar-refractivity contribution in [2.24, 2.45) is 5.14 Å². The van der Waals surface area contributed by atoms with E-state index in [2.05, 4.69) is 29.3 Å². The van der Waals surface area contributed by atoms with E-state index < -0.39 is 11.3 Å². The van der Waals surface area contributed by atoms with Gasteiger partial charge in [-0.1, -0.05) is 0 Å². The summed E-state index contributed by atoms with van der Waals surface area (Å²) in [6, 6.07) is 0.715. The Balaban J connectivity index is 0.000000310. The predicted octanol–water partition coefficient (Wildman–Crippen LogP) is -0.961. The van der Waals surface area contributed by atoms with Crippen LogP contribution in [0.4, 0.5) is 0 Å². The summed E-state index contributed by atoms with van der Waals surface area (Å²) < 4.78 is 17.6. The van der Waals surface area contributed by atoms with Gasteiger partial charge in [-0.05, 0) is 33.5 Å². The van der Waals surface area contributed by atoms with Gasteiger partial charge in [0.2, 0.25) is 0 Å². The number of rotatable bonds is 0. The summed E-state index contributed by atoms with van der Waals surface area (Å²) >= 11 is -2.36. The molecule has 1 fully saturated rings. The minimum absolute atomic E-state index is 0.715. The molecule has 0 aromatic carbocycles. The van der Waals surface area contributed by atoms with E-state index in [1.807, 2.05) is 0 Å². The fourth-order valence-corrected chi connectivity index (χ4v) is 1.14. The van der Waals surface area contributed by atoms with Gasteiger partial charge >= 0.3 is 0 Å². The molecule has 1 rings (SSSR count). The minimum Gasteiger partial charge on any atom is -0.760 e. The van der Waals surface area contributed by atoms with Crippen LogP contribution in [0.5, 0.6) is 0 Å². The van der Waals surface area contributed by atoms with Crippen molar-refractivity contribution in [1.29, 1.82) is 0 Å². The van der Waals surface area contributed by atoms with Gasteiger partial charge in [0.1, 0.15) is 0 Å². The lowest BCUT2D eigenvalue weighted by Crippen LogP contribution is -2.33. The first-order valence-corrected chi connectivity index (χ1v) is 5.42. The second kappa shape index (κ2) is 7.40. The molecule has 0 aromatic heterocycles. The highest BCUT2D eigenvalue weighted by Gasteiger charge is 2.10. The Morgan fingerprint density at radius 1 is 1.69 bits per heavy atom. The Morgan fingerprint density at radius 2 is 2.23 bits per heavy atom. The van der Waals surface area contributed by atoms with E-state index in [0.29, 0.717) is 6.04 Å². The Hall–Kier alpha value is -0.0100. The van der Waals surface area contributed by atoms with E-state index in [1.54, 1.807) is 0 Å². The lowest BCUT2D eigenvalue weighted by Gasteiger charge is -2.20. The molecule has 2 unspecified atom stereocenters. The van der Waals surface area contributed by atoms with Crippen LogP contribution < -0.4 is 10.5 Å². The number of likely N-dealkylation sites (N-methyl/N-ethyl adjacent to an activating group) is 1. The van der Waals surface area contributed by atoms with Crippen LogP contribution >= 0.6 is 0 Å². The number of hydrogen-bond donors (Lipinski definition) is 2. The standard InChI is InChI=1S/C7H16N2.H3NO2S/c1-7-6-8-4-3-5-9(7)2;1-4(2)3/h7-8H,3-6H2,1-2H3;1H2,(H,2,3)/p-1. The Morgan fingerprint density at radius 3 is 2.77 bits per heavy atom. The summed E-state index contributed by atoms with van der Waals surface area (Å²) in [5.41, 5.74) is 0. The zero-order valence-corrected chi connectivity index (χ0v) is 8.97. The average molecular weight is 208 g/mol. The molecular formula is C7H18N3O2S-. The van der Waals surface area contributed by atoms with Gasteiger partial charge in [0.15, 0.2) is 0 Å². The van der Waals surface area contributed by atoms with Crippen molar-refractivity contribution in [1.82, 2.24) is 10.2 Å². The van der Waals surface area contributed by atoms with E-state index in [0.717, 1.165) is 6.54 Å². The van der Waals surface area contributed by atoms with Crippen LogP contribution in [0.15, 0.2) is 0 Å². The van der Waals surface area contributed by atoms with E-state index >= 15 is 0 Å². The molecule has 1 saturated heterocycles. The second-order valence-corrected chi connectivity index (χ2v) is 3.67. The molecule has 3 N–H and O–H groups in total. The van der Waals surface area contributed by atoms with Gasteiger partial charge in [-0.25, -0.2) is 0 Å². The van der Waals surface area contributed by atoms with Crippen LogP contribution in [-0.2, 0) is 11.3 Å². The van der Waals surface area contributed by atoms with Gasteiger partial charge in [-0.3, -0.25) is 9.35 Å². The van der Waals surface area contributed by atoms with Gasteiger partial charge in [0.25, 0.3) is 0 Å². The molecule has 6 heteroatoms. The maximum Gasteiger partial charge on any atom is 0.0189 e. The summed E-state index contributed by atoms with van der Waals surface area (Å²) in [7, 11) is 2.19. The number of hydrogen-bond acceptors (Lipinski definition) is 4. The van der Waals surface area contributed by atoms with Crippen LogP contribution in [-0.4, -0.2) is 46.4 Å². The summed E-state index contributed by atoms with van der Waals surface area (Å²) in [6.45, 7) is 5.84. The smallest absolute Gasteiger partial charge is 0.0189 e. The fraction of sp³-hybridized carbons (Fsp3) is 1.00. The topological polar surface area (TPSA) is 81.4 Å². The van der Waals surface area contributed by atoms with Gasteiger partial charge in [-0.2, -0.15) is 0 Å². The zero-order chi connectivity index (χ0) is 10.3. The summed E-state index contributed by atoms with van der Waals surface area (Å²) in [5.74, 6) is 0. The first kappa shape index (κ1) is 13.0. The Kier molecular flexibility index (Phi) is 7.39. The lowest BCUT2D eigenvalue weighted by molar-refractivity contribution is 0.275. The Bertz CT molecular complexity index is 143. The van der Waals surface area contributed by atoms with Crippen molar-refractivity contribution >= 4 is 11.3 Å². The van der Waals surface area contributed by atoms with Gasteiger partial charge in [0.05, 0.1) is 0 Å².